The van der Waals surface area contributed by atoms with E-state index in [1.165, 1.54) is 63.1 Å². The van der Waals surface area contributed by atoms with Crippen molar-refractivity contribution in [1.29, 1.82) is 0 Å². The van der Waals surface area contributed by atoms with E-state index in [1.54, 1.807) is 0 Å². The zero-order valence-electron chi connectivity index (χ0n) is 21.8. The van der Waals surface area contributed by atoms with Gasteiger partial charge in [0.15, 0.2) is 0 Å². The number of nitrogens with zero attached hydrogens (tertiary/aromatic N) is 1. The van der Waals surface area contributed by atoms with Gasteiger partial charge in [-0.1, -0.05) is 73.9 Å². The molecule has 194 valence electrons. The Labute approximate surface area is 220 Å². The lowest BCUT2D eigenvalue weighted by atomic mass is 9.94. The van der Waals surface area contributed by atoms with Crippen molar-refractivity contribution in [2.24, 2.45) is 0 Å². The van der Waals surface area contributed by atoms with E-state index in [-0.39, 0.29) is 5.97 Å². The van der Waals surface area contributed by atoms with Crippen LogP contribution in [-0.4, -0.2) is 56.3 Å². The van der Waals surface area contributed by atoms with Crippen molar-refractivity contribution in [2.75, 3.05) is 33.4 Å². The molecule has 0 bridgehead atoms. The average Bonchev–Trinajstić information content (AvgIpc) is 3.44. The normalized spacial score (nSPS) is 19.3. The van der Waals surface area contributed by atoms with Crippen molar-refractivity contribution in [3.05, 3.63) is 83.4 Å². The Kier molecular flexibility index (Phi) is 8.54. The molecule has 1 N–H and O–H groups in total. The van der Waals surface area contributed by atoms with Gasteiger partial charge in [0.05, 0.1) is 12.7 Å². The van der Waals surface area contributed by atoms with Gasteiger partial charge in [0, 0.05) is 37.1 Å². The zero-order chi connectivity index (χ0) is 25.5. The van der Waals surface area contributed by atoms with Crippen molar-refractivity contribution in [1.82, 2.24) is 10.2 Å². The number of fused-ring (bicyclic) bond motifs is 1. The van der Waals surface area contributed by atoms with Crippen LogP contribution in [0.1, 0.15) is 54.4 Å². The van der Waals surface area contributed by atoms with Crippen LogP contribution in [-0.2, 0) is 4.74 Å². The van der Waals surface area contributed by atoms with Crippen LogP contribution in [0.3, 0.4) is 0 Å². The lowest BCUT2D eigenvalue weighted by molar-refractivity contribution is 0.0600. The minimum Gasteiger partial charge on any atom is -0.489 e. The summed E-state index contributed by atoms with van der Waals surface area (Å²) in [4.78, 5) is 14.5. The fourth-order valence-electron chi connectivity index (χ4n) is 5.71. The maximum atomic E-state index is 11.8. The number of rotatable bonds is 9. The molecule has 3 aromatic carbocycles. The first kappa shape index (κ1) is 25.5. The number of nitrogens with one attached hydrogen (secondary N) is 1. The number of hydrogen-bond acceptors (Lipinski definition) is 5. The Bertz CT molecular complexity index is 1210. The lowest BCUT2D eigenvalue weighted by Crippen LogP contribution is -2.39. The molecule has 1 saturated heterocycles. The van der Waals surface area contributed by atoms with Crippen molar-refractivity contribution < 1.29 is 14.3 Å². The molecule has 0 radical (unpaired) electrons. The van der Waals surface area contributed by atoms with E-state index in [9.17, 15) is 4.79 Å². The van der Waals surface area contributed by atoms with Crippen LogP contribution in [0, 0.1) is 0 Å². The summed E-state index contributed by atoms with van der Waals surface area (Å²) in [5.41, 5.74) is 2.77. The fraction of sp³-hybridized carbons (Fsp3) is 0.406. The topological polar surface area (TPSA) is 50.8 Å². The Morgan fingerprint density at radius 2 is 1.76 bits per heavy atom. The molecular weight excluding hydrogens is 460 g/mol. The lowest BCUT2D eigenvalue weighted by Gasteiger charge is -2.31. The number of likely N-dealkylation sites (tertiary alicyclic amines) is 1. The standard InChI is InChI=1S/C32H38N2O3/c1-36-32(35)27-16-14-24(15-17-27)20-25(23-37-31-13-7-9-26-8-5-6-12-30(26)31)21-33-28-18-19-34(22-28)29-10-3-2-4-11-29/h5-9,12-17,20,28-29,33H,2-4,10-11,18-19,21-23H2,1H3. The van der Waals surface area contributed by atoms with Crippen LogP contribution in [0.5, 0.6) is 5.75 Å². The quantitative estimate of drug-likeness (QED) is 0.362. The highest BCUT2D eigenvalue weighted by atomic mass is 16.5. The molecule has 1 aliphatic heterocycles. The van der Waals surface area contributed by atoms with E-state index in [0.717, 1.165) is 35.8 Å². The van der Waals surface area contributed by atoms with E-state index < -0.39 is 0 Å². The van der Waals surface area contributed by atoms with Gasteiger partial charge in [-0.15, -0.1) is 0 Å². The molecule has 5 heteroatoms. The predicted octanol–water partition coefficient (Wildman–Crippen LogP) is 6.09. The smallest absolute Gasteiger partial charge is 0.337 e. The fourth-order valence-corrected chi connectivity index (χ4v) is 5.71. The molecule has 1 atom stereocenters. The number of ether oxygens (including phenoxy) is 2. The number of methoxy groups -OCH3 is 1. The van der Waals surface area contributed by atoms with Crippen LogP contribution < -0.4 is 10.1 Å². The van der Waals surface area contributed by atoms with E-state index in [1.807, 2.05) is 36.4 Å². The Balaban J connectivity index is 1.27. The van der Waals surface area contributed by atoms with Gasteiger partial charge in [0.1, 0.15) is 12.4 Å². The van der Waals surface area contributed by atoms with Gasteiger partial charge in [0.25, 0.3) is 0 Å². The van der Waals surface area contributed by atoms with Crippen molar-refractivity contribution in [3.63, 3.8) is 0 Å². The second kappa shape index (κ2) is 12.4. The summed E-state index contributed by atoms with van der Waals surface area (Å²) in [6.07, 6.45) is 10.3. The van der Waals surface area contributed by atoms with Crippen LogP contribution in [0.25, 0.3) is 16.8 Å². The van der Waals surface area contributed by atoms with E-state index in [4.69, 9.17) is 9.47 Å². The summed E-state index contributed by atoms with van der Waals surface area (Å²) in [7, 11) is 1.41. The Morgan fingerprint density at radius 3 is 2.57 bits per heavy atom. The first-order valence-corrected chi connectivity index (χ1v) is 13.7. The molecule has 1 unspecified atom stereocenters. The van der Waals surface area contributed by atoms with Gasteiger partial charge in [0.2, 0.25) is 0 Å². The Morgan fingerprint density at radius 1 is 0.973 bits per heavy atom. The summed E-state index contributed by atoms with van der Waals surface area (Å²) < 4.78 is 11.2. The SMILES string of the molecule is COC(=O)c1ccc(C=C(CNC2CCN(C3CCCCC3)C2)COc2cccc3ccccc23)cc1. The van der Waals surface area contributed by atoms with Gasteiger partial charge in [-0.3, -0.25) is 4.90 Å². The highest BCUT2D eigenvalue weighted by Gasteiger charge is 2.28. The number of carbonyl (C=O) groups excluding carboxylic acids is 1. The molecule has 0 amide bonds. The van der Waals surface area contributed by atoms with Gasteiger partial charge >= 0.3 is 5.97 Å². The second-order valence-corrected chi connectivity index (χ2v) is 10.3. The van der Waals surface area contributed by atoms with E-state index in [2.05, 4.69) is 46.6 Å². The molecular formula is C32H38N2O3. The molecule has 0 aromatic heterocycles. The third-order valence-electron chi connectivity index (χ3n) is 7.79. The third kappa shape index (κ3) is 6.60. The molecule has 5 nitrogen and oxygen atoms in total. The molecule has 0 spiro atoms. The Hall–Kier alpha value is -3.15. The molecule has 2 fully saturated rings. The highest BCUT2D eigenvalue weighted by Crippen LogP contribution is 2.27. The van der Waals surface area contributed by atoms with Gasteiger partial charge in [-0.25, -0.2) is 4.79 Å². The van der Waals surface area contributed by atoms with Crippen LogP contribution in [0.2, 0.25) is 0 Å². The maximum absolute atomic E-state index is 11.8. The zero-order valence-corrected chi connectivity index (χ0v) is 21.8. The molecule has 1 heterocycles. The predicted molar refractivity (Wildman–Crippen MR) is 150 cm³/mol. The van der Waals surface area contributed by atoms with Crippen molar-refractivity contribution >= 4 is 22.8 Å². The van der Waals surface area contributed by atoms with Crippen molar-refractivity contribution in [2.45, 2.75) is 50.6 Å². The van der Waals surface area contributed by atoms with Gasteiger partial charge < -0.3 is 14.8 Å². The van der Waals surface area contributed by atoms with Crippen molar-refractivity contribution in [3.8, 4) is 5.75 Å². The van der Waals surface area contributed by atoms with E-state index in [0.29, 0.717) is 18.2 Å². The largest absolute Gasteiger partial charge is 0.489 e. The van der Waals surface area contributed by atoms with E-state index >= 15 is 0 Å². The number of hydrogen-bond donors (Lipinski definition) is 1. The van der Waals surface area contributed by atoms with Gasteiger partial charge in [-0.2, -0.15) is 0 Å². The summed E-state index contributed by atoms with van der Waals surface area (Å²) in [6.45, 7) is 3.60. The number of benzene rings is 3. The summed E-state index contributed by atoms with van der Waals surface area (Å²) in [5, 5.41) is 6.12. The minimum absolute atomic E-state index is 0.319. The van der Waals surface area contributed by atoms with Gasteiger partial charge in [-0.05, 0) is 54.0 Å². The molecule has 1 saturated carbocycles. The monoisotopic (exact) mass is 498 g/mol. The molecule has 1 aliphatic carbocycles. The number of carbonyl (C=O) groups is 1. The molecule has 2 aliphatic rings. The third-order valence-corrected chi connectivity index (χ3v) is 7.79. The van der Waals surface area contributed by atoms with Crippen LogP contribution in [0.4, 0.5) is 0 Å². The molecule has 5 rings (SSSR count). The van der Waals surface area contributed by atoms with Crippen LogP contribution in [0.15, 0.2) is 72.3 Å². The maximum Gasteiger partial charge on any atom is 0.337 e. The first-order valence-electron chi connectivity index (χ1n) is 13.7. The summed E-state index contributed by atoms with van der Waals surface area (Å²) in [6, 6.07) is 23.4. The summed E-state index contributed by atoms with van der Waals surface area (Å²) in [5.74, 6) is 0.579. The van der Waals surface area contributed by atoms with Crippen LogP contribution >= 0.6 is 0 Å². The summed E-state index contributed by atoms with van der Waals surface area (Å²) >= 11 is 0. The second-order valence-electron chi connectivity index (χ2n) is 10.3. The highest BCUT2D eigenvalue weighted by molar-refractivity contribution is 5.89. The minimum atomic E-state index is -0.319. The number of esters is 1. The average molecular weight is 499 g/mol. The first-order chi connectivity index (χ1) is 18.2. The molecule has 37 heavy (non-hydrogen) atoms. The molecule has 3 aromatic rings.